The molecule has 0 spiro atoms. The summed E-state index contributed by atoms with van der Waals surface area (Å²) in [5, 5.41) is 0. The van der Waals surface area contributed by atoms with E-state index in [1.807, 2.05) is 0 Å². The monoisotopic (exact) mass is 215 g/mol. The van der Waals surface area contributed by atoms with E-state index in [4.69, 9.17) is 23.3 Å². The highest BCUT2D eigenvalue weighted by atomic mass is 32.3. The fourth-order valence-corrected chi connectivity index (χ4v) is 0.297. The molecule has 0 aromatic rings. The van der Waals surface area contributed by atoms with E-state index < -0.39 is 10.4 Å². The highest BCUT2D eigenvalue weighted by Gasteiger charge is 2.08. The molecule has 0 amide bonds. The molecule has 0 saturated carbocycles. The molecule has 0 fully saturated rings. The smallest absolute Gasteiger partial charge is 0.394 e. The minimum atomic E-state index is -4.67. The van der Waals surface area contributed by atoms with Crippen molar-refractivity contribution < 1.29 is 27.1 Å². The van der Waals surface area contributed by atoms with Crippen LogP contribution < -0.4 is 5.73 Å². The minimum Gasteiger partial charge on any atom is -0.469 e. The van der Waals surface area contributed by atoms with Crippen molar-refractivity contribution in [3.05, 3.63) is 0 Å². The standard InChI is InChI=1S/C5H11NO2.H2O4S/c1-4(3-6)5(7)8-2;1-5(2,3)4/h4H,3,6H2,1-2H3;(H2,1,2,3,4)/t4-;/m0./s1. The van der Waals surface area contributed by atoms with Crippen LogP contribution in [0.3, 0.4) is 0 Å². The second-order valence-electron chi connectivity index (χ2n) is 2.11. The van der Waals surface area contributed by atoms with Crippen molar-refractivity contribution in [1.82, 2.24) is 0 Å². The minimum absolute atomic E-state index is 0.167. The van der Waals surface area contributed by atoms with Gasteiger partial charge in [-0.2, -0.15) is 8.42 Å². The first-order valence-electron chi connectivity index (χ1n) is 3.20. The van der Waals surface area contributed by atoms with Gasteiger partial charge in [0, 0.05) is 6.54 Å². The molecule has 0 bridgehead atoms. The topological polar surface area (TPSA) is 127 Å². The summed E-state index contributed by atoms with van der Waals surface area (Å²) in [5.74, 6) is -0.410. The van der Waals surface area contributed by atoms with Crippen LogP contribution in [-0.4, -0.2) is 37.1 Å². The van der Waals surface area contributed by atoms with Crippen LogP contribution in [0.15, 0.2) is 0 Å². The Hall–Kier alpha value is -0.700. The van der Waals surface area contributed by atoms with E-state index >= 15 is 0 Å². The summed E-state index contributed by atoms with van der Waals surface area (Å²) in [5.41, 5.74) is 5.15. The molecule has 0 aliphatic rings. The second kappa shape index (κ2) is 6.78. The average molecular weight is 215 g/mol. The summed E-state index contributed by atoms with van der Waals surface area (Å²) in [6.07, 6.45) is 0. The van der Waals surface area contributed by atoms with Crippen LogP contribution >= 0.6 is 0 Å². The number of hydrogen-bond donors (Lipinski definition) is 3. The quantitative estimate of drug-likeness (QED) is 0.402. The second-order valence-corrected chi connectivity index (χ2v) is 3.00. The van der Waals surface area contributed by atoms with Gasteiger partial charge in [-0.05, 0) is 0 Å². The maximum absolute atomic E-state index is 10.4. The lowest BCUT2D eigenvalue weighted by Crippen LogP contribution is -2.21. The molecule has 8 heteroatoms. The lowest BCUT2D eigenvalue weighted by atomic mass is 10.2. The number of nitrogens with two attached hydrogens (primary N) is 1. The molecule has 0 saturated heterocycles. The van der Waals surface area contributed by atoms with Crippen molar-refractivity contribution >= 4 is 16.4 Å². The summed E-state index contributed by atoms with van der Waals surface area (Å²) < 4.78 is 36.0. The molecule has 0 heterocycles. The van der Waals surface area contributed by atoms with E-state index in [-0.39, 0.29) is 11.9 Å². The molecule has 1 atom stereocenters. The number of hydrogen-bond acceptors (Lipinski definition) is 5. The molecule has 7 nitrogen and oxygen atoms in total. The van der Waals surface area contributed by atoms with E-state index in [1.54, 1.807) is 6.92 Å². The van der Waals surface area contributed by atoms with Crippen LogP contribution in [0, 0.1) is 5.92 Å². The Morgan fingerprint density at radius 2 is 1.85 bits per heavy atom. The van der Waals surface area contributed by atoms with Crippen LogP contribution in [0.25, 0.3) is 0 Å². The Bertz CT molecular complexity index is 227. The summed E-state index contributed by atoms with van der Waals surface area (Å²) >= 11 is 0. The van der Waals surface area contributed by atoms with Gasteiger partial charge in [-0.15, -0.1) is 0 Å². The predicted octanol–water partition coefficient (Wildman–Crippen LogP) is -0.899. The number of methoxy groups -OCH3 is 1. The van der Waals surface area contributed by atoms with Gasteiger partial charge in [0.05, 0.1) is 13.0 Å². The van der Waals surface area contributed by atoms with E-state index in [0.29, 0.717) is 6.54 Å². The molecule has 80 valence electrons. The molecule has 0 aliphatic carbocycles. The number of carbonyl (C=O) groups is 1. The van der Waals surface area contributed by atoms with Crippen molar-refractivity contribution in [2.45, 2.75) is 6.92 Å². The van der Waals surface area contributed by atoms with E-state index in [1.165, 1.54) is 7.11 Å². The fourth-order valence-electron chi connectivity index (χ4n) is 0.297. The average Bonchev–Trinajstić information content (AvgIpc) is 1.98. The number of ether oxygens (including phenoxy) is 1. The molecule has 0 rings (SSSR count). The zero-order valence-corrected chi connectivity index (χ0v) is 8.11. The van der Waals surface area contributed by atoms with Gasteiger partial charge >= 0.3 is 16.4 Å². The summed E-state index contributed by atoms with van der Waals surface area (Å²) in [7, 11) is -3.31. The third-order valence-corrected chi connectivity index (χ3v) is 0.957. The van der Waals surface area contributed by atoms with Gasteiger partial charge in [-0.1, -0.05) is 6.92 Å². The largest absolute Gasteiger partial charge is 0.469 e. The highest BCUT2D eigenvalue weighted by molar-refractivity contribution is 7.79. The summed E-state index contributed by atoms with van der Waals surface area (Å²) in [6.45, 7) is 2.08. The zero-order valence-electron chi connectivity index (χ0n) is 7.30. The Labute approximate surface area is 76.5 Å². The van der Waals surface area contributed by atoms with Crippen LogP contribution in [0.4, 0.5) is 0 Å². The van der Waals surface area contributed by atoms with Gasteiger partial charge in [0.15, 0.2) is 0 Å². The lowest BCUT2D eigenvalue weighted by Gasteiger charge is -2.02. The molecular formula is C5H13NO6S. The van der Waals surface area contributed by atoms with Gasteiger partial charge in [0.1, 0.15) is 0 Å². The van der Waals surface area contributed by atoms with Gasteiger partial charge < -0.3 is 10.5 Å². The molecule has 0 aromatic heterocycles. The van der Waals surface area contributed by atoms with E-state index in [0.717, 1.165) is 0 Å². The highest BCUT2D eigenvalue weighted by Crippen LogP contribution is 1.91. The molecule has 0 aromatic carbocycles. The SMILES string of the molecule is COC(=O)[C@@H](C)CN.O=S(=O)(O)O. The van der Waals surface area contributed by atoms with E-state index in [9.17, 15) is 4.79 Å². The van der Waals surface area contributed by atoms with Crippen LogP contribution in [-0.2, 0) is 19.9 Å². The molecule has 13 heavy (non-hydrogen) atoms. The third-order valence-electron chi connectivity index (χ3n) is 0.957. The van der Waals surface area contributed by atoms with Gasteiger partial charge in [0.2, 0.25) is 0 Å². The first-order chi connectivity index (χ1) is 5.72. The Morgan fingerprint density at radius 1 is 1.54 bits per heavy atom. The van der Waals surface area contributed by atoms with Crippen molar-refractivity contribution in [2.75, 3.05) is 13.7 Å². The Morgan fingerprint density at radius 3 is 1.92 bits per heavy atom. The van der Waals surface area contributed by atoms with Gasteiger partial charge in [-0.25, -0.2) is 0 Å². The third kappa shape index (κ3) is 18.3. The first kappa shape index (κ1) is 14.8. The maximum atomic E-state index is 10.4. The Kier molecular flexibility index (Phi) is 7.72. The molecular weight excluding hydrogens is 202 g/mol. The summed E-state index contributed by atoms with van der Waals surface area (Å²) in [6, 6.07) is 0. The molecule has 4 N–H and O–H groups in total. The first-order valence-corrected chi connectivity index (χ1v) is 4.59. The summed E-state index contributed by atoms with van der Waals surface area (Å²) in [4.78, 5) is 10.4. The van der Waals surface area contributed by atoms with Gasteiger partial charge in [0.25, 0.3) is 0 Å². The maximum Gasteiger partial charge on any atom is 0.394 e. The fraction of sp³-hybridized carbons (Fsp3) is 0.800. The number of rotatable bonds is 2. The van der Waals surface area contributed by atoms with Crippen molar-refractivity contribution in [3.63, 3.8) is 0 Å². The number of carbonyl (C=O) groups excluding carboxylic acids is 1. The van der Waals surface area contributed by atoms with Crippen molar-refractivity contribution in [3.8, 4) is 0 Å². The predicted molar refractivity (Wildman–Crippen MR) is 44.4 cm³/mol. The zero-order chi connectivity index (χ0) is 11.1. The molecule has 0 radical (unpaired) electrons. The molecule has 0 aliphatic heterocycles. The van der Waals surface area contributed by atoms with Gasteiger partial charge in [-0.3, -0.25) is 13.9 Å². The van der Waals surface area contributed by atoms with Crippen molar-refractivity contribution in [2.24, 2.45) is 11.7 Å². The van der Waals surface area contributed by atoms with E-state index in [2.05, 4.69) is 4.74 Å². The lowest BCUT2D eigenvalue weighted by molar-refractivity contribution is -0.144. The number of esters is 1. The van der Waals surface area contributed by atoms with Crippen LogP contribution in [0.2, 0.25) is 0 Å². The Balaban J connectivity index is 0. The normalized spacial score (nSPS) is 12.4. The molecule has 0 unspecified atom stereocenters. The van der Waals surface area contributed by atoms with Crippen LogP contribution in [0.1, 0.15) is 6.92 Å². The van der Waals surface area contributed by atoms with Crippen molar-refractivity contribution in [1.29, 1.82) is 0 Å². The van der Waals surface area contributed by atoms with Crippen LogP contribution in [0.5, 0.6) is 0 Å².